The maximum atomic E-state index is 12.6. The summed E-state index contributed by atoms with van der Waals surface area (Å²) in [5.41, 5.74) is -1.28. The van der Waals surface area contributed by atoms with Gasteiger partial charge in [-0.3, -0.25) is 0 Å². The topological polar surface area (TPSA) is 23.5 Å². The van der Waals surface area contributed by atoms with Gasteiger partial charge in [-0.2, -0.15) is 13.2 Å². The fraction of sp³-hybridized carbons (Fsp3) is 0.600. The molecule has 0 radical (unpaired) electrons. The van der Waals surface area contributed by atoms with Crippen molar-refractivity contribution in [2.75, 3.05) is 20.6 Å². The highest BCUT2D eigenvalue weighted by atomic mass is 35.5. The Morgan fingerprint density at radius 1 is 1.10 bits per heavy atom. The molecule has 21 heavy (non-hydrogen) atoms. The molecule has 2 unspecified atom stereocenters. The molecular weight excluding hydrogens is 303 g/mol. The second-order valence-corrected chi connectivity index (χ2v) is 5.52. The molecule has 0 heterocycles. The van der Waals surface area contributed by atoms with Crippen molar-refractivity contribution in [1.82, 2.24) is 4.90 Å². The van der Waals surface area contributed by atoms with Crippen molar-refractivity contribution in [3.63, 3.8) is 0 Å². The van der Waals surface area contributed by atoms with Gasteiger partial charge in [0, 0.05) is 12.5 Å². The van der Waals surface area contributed by atoms with Crippen LogP contribution < -0.4 is 0 Å². The third-order valence-corrected chi connectivity index (χ3v) is 3.71. The average Bonchev–Trinajstić information content (AvgIpc) is 2.36. The summed E-state index contributed by atoms with van der Waals surface area (Å²) in [6.07, 6.45) is -3.90. The van der Waals surface area contributed by atoms with Crippen LogP contribution in [0.5, 0.6) is 0 Å². The van der Waals surface area contributed by atoms with Crippen molar-refractivity contribution in [1.29, 1.82) is 0 Å². The summed E-state index contributed by atoms with van der Waals surface area (Å²) in [6, 6.07) is 4.80. The van der Waals surface area contributed by atoms with E-state index in [-0.39, 0.29) is 18.3 Å². The summed E-state index contributed by atoms with van der Waals surface area (Å²) in [7, 11) is 3.80. The monoisotopic (exact) mass is 325 g/mol. The minimum absolute atomic E-state index is 0. The number of aliphatic hydroxyl groups is 1. The molecule has 0 bridgehead atoms. The molecular formula is C15H23ClF3NO. The molecule has 0 amide bonds. The van der Waals surface area contributed by atoms with E-state index in [1.807, 2.05) is 32.8 Å². The lowest BCUT2D eigenvalue weighted by Gasteiger charge is -2.35. The largest absolute Gasteiger partial charge is 0.416 e. The van der Waals surface area contributed by atoms with Crippen LogP contribution in [0.4, 0.5) is 13.2 Å². The predicted molar refractivity (Wildman–Crippen MR) is 80.6 cm³/mol. The molecule has 2 atom stereocenters. The zero-order chi connectivity index (χ0) is 15.6. The minimum atomic E-state index is -4.35. The van der Waals surface area contributed by atoms with E-state index in [2.05, 4.69) is 0 Å². The Hall–Kier alpha value is -0.780. The number of nitrogens with zero attached hydrogens (tertiary/aromatic N) is 1. The summed E-state index contributed by atoms with van der Waals surface area (Å²) in [4.78, 5) is 1.95. The number of hydrogen-bond donors (Lipinski definition) is 1. The van der Waals surface area contributed by atoms with Crippen LogP contribution in [0.25, 0.3) is 0 Å². The molecule has 1 rings (SSSR count). The van der Waals surface area contributed by atoms with Crippen LogP contribution in [0.1, 0.15) is 31.4 Å². The maximum absolute atomic E-state index is 12.6. The average molecular weight is 326 g/mol. The van der Waals surface area contributed by atoms with E-state index in [0.29, 0.717) is 18.5 Å². The number of halogens is 4. The van der Waals surface area contributed by atoms with Gasteiger partial charge in [0.05, 0.1) is 11.2 Å². The highest BCUT2D eigenvalue weighted by molar-refractivity contribution is 5.85. The lowest BCUT2D eigenvalue weighted by molar-refractivity contribution is -0.137. The molecule has 0 fully saturated rings. The van der Waals surface area contributed by atoms with Crippen molar-refractivity contribution in [3.8, 4) is 0 Å². The van der Waals surface area contributed by atoms with E-state index in [1.54, 1.807) is 0 Å². The molecule has 0 saturated heterocycles. The highest BCUT2D eigenvalue weighted by Gasteiger charge is 2.35. The molecule has 1 N–H and O–H groups in total. The van der Waals surface area contributed by atoms with Crippen molar-refractivity contribution in [3.05, 3.63) is 35.4 Å². The number of benzene rings is 1. The Morgan fingerprint density at radius 3 is 1.86 bits per heavy atom. The smallest absolute Gasteiger partial charge is 0.385 e. The Morgan fingerprint density at radius 2 is 1.52 bits per heavy atom. The van der Waals surface area contributed by atoms with E-state index in [1.165, 1.54) is 12.1 Å². The SMILES string of the molecule is CCC(O)(c1ccc(C(F)(F)F)cc1)C(C)CN(C)C.Cl. The van der Waals surface area contributed by atoms with Gasteiger partial charge in [-0.05, 0) is 38.2 Å². The molecule has 0 saturated carbocycles. The van der Waals surface area contributed by atoms with Crippen molar-refractivity contribution in [2.24, 2.45) is 5.92 Å². The summed E-state index contributed by atoms with van der Waals surface area (Å²) in [5, 5.41) is 10.8. The number of rotatable bonds is 5. The zero-order valence-electron chi connectivity index (χ0n) is 12.7. The maximum Gasteiger partial charge on any atom is 0.416 e. The third-order valence-electron chi connectivity index (χ3n) is 3.71. The highest BCUT2D eigenvalue weighted by Crippen LogP contribution is 2.36. The molecule has 0 aliphatic carbocycles. The molecule has 122 valence electrons. The molecule has 0 spiro atoms. The second kappa shape index (κ2) is 7.47. The lowest BCUT2D eigenvalue weighted by atomic mass is 9.79. The van der Waals surface area contributed by atoms with Crippen molar-refractivity contribution < 1.29 is 18.3 Å². The van der Waals surface area contributed by atoms with Gasteiger partial charge in [-0.15, -0.1) is 12.4 Å². The first-order chi connectivity index (χ1) is 9.11. The molecule has 6 heteroatoms. The summed E-state index contributed by atoms with van der Waals surface area (Å²) in [6.45, 7) is 4.40. The summed E-state index contributed by atoms with van der Waals surface area (Å²) < 4.78 is 37.7. The van der Waals surface area contributed by atoms with Crippen LogP contribution in [-0.4, -0.2) is 30.6 Å². The minimum Gasteiger partial charge on any atom is -0.385 e. The quantitative estimate of drug-likeness (QED) is 0.887. The van der Waals surface area contributed by atoms with E-state index < -0.39 is 17.3 Å². The molecule has 0 aliphatic rings. The van der Waals surface area contributed by atoms with Gasteiger partial charge in [0.25, 0.3) is 0 Å². The molecule has 2 nitrogen and oxygen atoms in total. The number of hydrogen-bond acceptors (Lipinski definition) is 2. The van der Waals surface area contributed by atoms with Gasteiger partial charge < -0.3 is 10.0 Å². The number of alkyl halides is 3. The Bertz CT molecular complexity index is 434. The van der Waals surface area contributed by atoms with Crippen LogP contribution in [0, 0.1) is 5.92 Å². The van der Waals surface area contributed by atoms with Crippen LogP contribution in [0.3, 0.4) is 0 Å². The molecule has 1 aromatic rings. The fourth-order valence-corrected chi connectivity index (χ4v) is 2.48. The fourth-order valence-electron chi connectivity index (χ4n) is 2.48. The van der Waals surface area contributed by atoms with Gasteiger partial charge in [-0.25, -0.2) is 0 Å². The van der Waals surface area contributed by atoms with Crippen LogP contribution in [0.15, 0.2) is 24.3 Å². The standard InChI is InChI=1S/C15H22F3NO.ClH/c1-5-14(20,11(2)10-19(3)4)12-6-8-13(9-7-12)15(16,17)18;/h6-9,11,20H,5,10H2,1-4H3;1H. The Kier molecular flexibility index (Phi) is 7.20. The predicted octanol–water partition coefficient (Wildman–Crippen LogP) is 3.92. The molecule has 0 aliphatic heterocycles. The third kappa shape index (κ3) is 4.87. The first kappa shape index (κ1) is 20.2. The van der Waals surface area contributed by atoms with E-state index in [4.69, 9.17) is 0 Å². The first-order valence-electron chi connectivity index (χ1n) is 6.66. The normalized spacial score (nSPS) is 16.2. The first-order valence-corrected chi connectivity index (χ1v) is 6.66. The van der Waals surface area contributed by atoms with E-state index in [9.17, 15) is 18.3 Å². The summed E-state index contributed by atoms with van der Waals surface area (Å²) in [5.74, 6) is -0.0840. The Labute approximate surface area is 130 Å². The van der Waals surface area contributed by atoms with Gasteiger partial charge in [0.15, 0.2) is 0 Å². The van der Waals surface area contributed by atoms with E-state index in [0.717, 1.165) is 12.1 Å². The van der Waals surface area contributed by atoms with Gasteiger partial charge >= 0.3 is 6.18 Å². The Balaban J connectivity index is 0.00000400. The van der Waals surface area contributed by atoms with Gasteiger partial charge in [0.2, 0.25) is 0 Å². The van der Waals surface area contributed by atoms with Crippen molar-refractivity contribution in [2.45, 2.75) is 32.0 Å². The van der Waals surface area contributed by atoms with Gasteiger partial charge in [0.1, 0.15) is 0 Å². The second-order valence-electron chi connectivity index (χ2n) is 5.52. The van der Waals surface area contributed by atoms with E-state index >= 15 is 0 Å². The van der Waals surface area contributed by atoms with Crippen LogP contribution in [-0.2, 0) is 11.8 Å². The lowest BCUT2D eigenvalue weighted by Crippen LogP contribution is -2.38. The summed E-state index contributed by atoms with van der Waals surface area (Å²) >= 11 is 0. The molecule has 1 aromatic carbocycles. The zero-order valence-corrected chi connectivity index (χ0v) is 13.6. The van der Waals surface area contributed by atoms with Gasteiger partial charge in [-0.1, -0.05) is 26.0 Å². The van der Waals surface area contributed by atoms with Crippen LogP contribution >= 0.6 is 12.4 Å². The van der Waals surface area contributed by atoms with Crippen LogP contribution in [0.2, 0.25) is 0 Å². The molecule has 0 aromatic heterocycles. The van der Waals surface area contributed by atoms with Crippen molar-refractivity contribution >= 4 is 12.4 Å².